The number of hydrogen-bond donors (Lipinski definition) is 0. The molecule has 0 radical (unpaired) electrons. The van der Waals surface area contributed by atoms with Crippen LogP contribution in [0.4, 0.5) is 0 Å². The summed E-state index contributed by atoms with van der Waals surface area (Å²) in [5.41, 5.74) is 15.2. The van der Waals surface area contributed by atoms with Gasteiger partial charge in [-0.15, -0.1) is 0 Å². The van der Waals surface area contributed by atoms with E-state index in [1.165, 1.54) is 65.1 Å². The average molecular weight is 830 g/mol. The predicted molar refractivity (Wildman–Crippen MR) is 215 cm³/mol. The summed E-state index contributed by atoms with van der Waals surface area (Å²) in [6.45, 7) is 19.2. The Hall–Kier alpha value is -2.55. The molecule has 0 nitrogen and oxygen atoms in total. The van der Waals surface area contributed by atoms with Crippen LogP contribution in [0, 0.1) is 0 Å². The molecular formula is C47H58HfSi. The van der Waals surface area contributed by atoms with Crippen LogP contribution < -0.4 is 0 Å². The molecule has 0 saturated carbocycles. The maximum absolute atomic E-state index is 3.12. The molecule has 3 aliphatic rings. The molecule has 2 atom stereocenters. The van der Waals surface area contributed by atoms with E-state index in [1.54, 1.807) is 22.3 Å². The number of unbranched alkanes of at least 4 members (excludes halogenated alkanes) is 3. The summed E-state index contributed by atoms with van der Waals surface area (Å²) in [6.07, 6.45) is 10.9. The molecule has 1 aliphatic heterocycles. The number of fused-ring (bicyclic) bond motifs is 6. The normalized spacial score (nSPS) is 22.2. The monoisotopic (exact) mass is 830 g/mol. The van der Waals surface area contributed by atoms with Gasteiger partial charge in [-0.05, 0) is 0 Å². The van der Waals surface area contributed by atoms with Gasteiger partial charge in [0.05, 0.1) is 0 Å². The quantitative estimate of drug-likeness (QED) is 0.129. The zero-order valence-electron chi connectivity index (χ0n) is 31.9. The third-order valence-electron chi connectivity index (χ3n) is 12.5. The van der Waals surface area contributed by atoms with Crippen LogP contribution in [0.5, 0.6) is 0 Å². The second-order valence-electron chi connectivity index (χ2n) is 18.3. The molecule has 7 rings (SSSR count). The Morgan fingerprint density at radius 3 is 1.47 bits per heavy atom. The summed E-state index contributed by atoms with van der Waals surface area (Å²) in [5.74, 6) is 0. The van der Waals surface area contributed by atoms with Crippen molar-refractivity contribution in [3.05, 3.63) is 129 Å². The molecule has 2 heteroatoms. The Labute approximate surface area is 303 Å². The standard InChI is InChI=1S/C45H52Si.2CH3.Hf/c1-9-10-11-12-25-46(8,38-28-34-19-15-23-40(42(34)30-38)32-17-13-21-36(26-32)44(2,3)4)39-29-35-20-16-24-41(43(35)31-39)33-18-14-22-37(27-33)45(5,6)7;;;/h13-24,26-31H,9-12,25H2,1-8H3;2*1H3;. The first-order chi connectivity index (χ1) is 23.2. The van der Waals surface area contributed by atoms with Gasteiger partial charge in [-0.2, -0.15) is 0 Å². The fourth-order valence-corrected chi connectivity index (χ4v) is 42.2. The number of hydrogen-bond acceptors (Lipinski definition) is 0. The second-order valence-corrected chi connectivity index (χ2v) is 39.9. The Bertz CT molecular complexity index is 1840. The first kappa shape index (κ1) is 34.9. The van der Waals surface area contributed by atoms with E-state index in [1.807, 2.05) is 10.4 Å². The van der Waals surface area contributed by atoms with E-state index in [4.69, 9.17) is 0 Å². The van der Waals surface area contributed by atoms with Gasteiger partial charge in [0, 0.05) is 0 Å². The molecule has 254 valence electrons. The van der Waals surface area contributed by atoms with E-state index >= 15 is 0 Å². The second kappa shape index (κ2) is 12.6. The van der Waals surface area contributed by atoms with Crippen molar-refractivity contribution in [2.45, 2.75) is 114 Å². The fraction of sp³-hybridized carbons (Fsp3) is 0.404. The molecular weight excluding hydrogens is 771 g/mol. The minimum absolute atomic E-state index is 0.133. The molecule has 0 spiro atoms. The van der Waals surface area contributed by atoms with Gasteiger partial charge in [0.1, 0.15) is 0 Å². The van der Waals surface area contributed by atoms with Crippen molar-refractivity contribution in [2.75, 3.05) is 0 Å². The van der Waals surface area contributed by atoms with E-state index in [2.05, 4.69) is 161 Å². The van der Waals surface area contributed by atoms with Crippen molar-refractivity contribution in [1.29, 1.82) is 0 Å². The van der Waals surface area contributed by atoms with Crippen LogP contribution in [0.15, 0.2) is 95.3 Å². The van der Waals surface area contributed by atoms with Crippen LogP contribution in [0.3, 0.4) is 0 Å². The van der Waals surface area contributed by atoms with Crippen LogP contribution >= 0.6 is 0 Å². The van der Waals surface area contributed by atoms with E-state index in [0.29, 0.717) is 7.35 Å². The molecule has 4 aromatic rings. The van der Waals surface area contributed by atoms with E-state index in [9.17, 15) is 0 Å². The summed E-state index contributed by atoms with van der Waals surface area (Å²) in [6, 6.07) is 34.9. The van der Waals surface area contributed by atoms with Crippen LogP contribution in [0.25, 0.3) is 34.4 Å². The zero-order chi connectivity index (χ0) is 34.9. The molecule has 0 amide bonds. The molecule has 0 aromatic heterocycles. The first-order valence-corrected chi connectivity index (χ1v) is 33.1. The van der Waals surface area contributed by atoms with Crippen molar-refractivity contribution in [2.24, 2.45) is 0 Å². The van der Waals surface area contributed by atoms with E-state index in [-0.39, 0.29) is 10.8 Å². The average Bonchev–Trinajstić information content (AvgIpc) is 3.67. The molecule has 1 heterocycles. The van der Waals surface area contributed by atoms with Gasteiger partial charge in [0.15, 0.2) is 0 Å². The van der Waals surface area contributed by atoms with Crippen LogP contribution in [-0.4, -0.2) is 8.07 Å². The summed E-state index contributed by atoms with van der Waals surface area (Å²) in [5, 5.41) is 3.77. The summed E-state index contributed by atoms with van der Waals surface area (Å²) >= 11 is -3.12. The van der Waals surface area contributed by atoms with Crippen molar-refractivity contribution < 1.29 is 20.0 Å². The van der Waals surface area contributed by atoms with Crippen molar-refractivity contribution in [1.82, 2.24) is 0 Å². The van der Waals surface area contributed by atoms with Crippen molar-refractivity contribution >= 4 is 20.2 Å². The van der Waals surface area contributed by atoms with Gasteiger partial charge in [-0.3, -0.25) is 0 Å². The van der Waals surface area contributed by atoms with E-state index in [0.717, 1.165) is 0 Å². The molecule has 1 saturated heterocycles. The Balaban J connectivity index is 1.41. The molecule has 2 unspecified atom stereocenters. The Morgan fingerprint density at radius 1 is 0.592 bits per heavy atom. The first-order valence-electron chi connectivity index (χ1n) is 19.1. The minimum atomic E-state index is -3.12. The van der Waals surface area contributed by atoms with Crippen molar-refractivity contribution in [3.8, 4) is 22.3 Å². The van der Waals surface area contributed by atoms with Crippen LogP contribution in [0.2, 0.25) is 22.0 Å². The molecule has 0 bridgehead atoms. The number of rotatable bonds is 7. The van der Waals surface area contributed by atoms with Crippen LogP contribution in [-0.2, 0) is 30.8 Å². The molecule has 49 heavy (non-hydrogen) atoms. The molecule has 4 aromatic carbocycles. The molecule has 0 N–H and O–H groups in total. The van der Waals surface area contributed by atoms with Crippen molar-refractivity contribution in [3.63, 3.8) is 0 Å². The Morgan fingerprint density at radius 2 is 1.04 bits per heavy atom. The van der Waals surface area contributed by atoms with Gasteiger partial charge in [-0.1, -0.05) is 0 Å². The number of benzene rings is 4. The van der Waals surface area contributed by atoms with Gasteiger partial charge in [0.25, 0.3) is 0 Å². The summed E-state index contributed by atoms with van der Waals surface area (Å²) < 4.78 is 6.96. The van der Waals surface area contributed by atoms with Gasteiger partial charge < -0.3 is 0 Å². The van der Waals surface area contributed by atoms with Gasteiger partial charge in [0.2, 0.25) is 0 Å². The zero-order valence-corrected chi connectivity index (χ0v) is 36.5. The third kappa shape index (κ3) is 5.91. The van der Waals surface area contributed by atoms with E-state index < -0.39 is 28.0 Å². The predicted octanol–water partition coefficient (Wildman–Crippen LogP) is 14.2. The topological polar surface area (TPSA) is 0 Å². The summed E-state index contributed by atoms with van der Waals surface area (Å²) in [4.78, 5) is 0. The molecule has 1 fully saturated rings. The maximum atomic E-state index is 2.82. The van der Waals surface area contributed by atoms with Crippen LogP contribution in [0.1, 0.15) is 115 Å². The Kier molecular flexibility index (Phi) is 8.96. The fourth-order valence-electron chi connectivity index (χ4n) is 9.70. The SMILES string of the molecule is CCCCCC[Si]1(C)C2=Cc3c(-c4cccc(C(C)(C)C)c4)cccc3[CH]2[Hf]([CH3])([CH3])[CH]2C1=Cc1c(-c3cccc(C(C)(C)C)c3)cccc12. The number of allylic oxidation sites excluding steroid dienone is 2. The van der Waals surface area contributed by atoms with Gasteiger partial charge >= 0.3 is 305 Å². The molecule has 2 aliphatic carbocycles. The third-order valence-corrected chi connectivity index (χ3v) is 34.5. The van der Waals surface area contributed by atoms with Gasteiger partial charge in [-0.25, -0.2) is 0 Å². The summed E-state index contributed by atoms with van der Waals surface area (Å²) in [7, 11) is -1.98.